The van der Waals surface area contributed by atoms with E-state index in [0.29, 0.717) is 6.04 Å². The van der Waals surface area contributed by atoms with Crippen molar-refractivity contribution in [1.82, 2.24) is 5.32 Å². The maximum atomic E-state index is 8.22. The van der Waals surface area contributed by atoms with Crippen LogP contribution in [0.5, 0.6) is 0 Å². The molecule has 9 heavy (non-hydrogen) atoms. The normalized spacial score (nSPS) is 25.0. The lowest BCUT2D eigenvalue weighted by Crippen LogP contribution is -2.23. The molecule has 2 heteroatoms. The molecule has 0 aromatic rings. The Morgan fingerprint density at radius 2 is 2.56 bits per heavy atom. The summed E-state index contributed by atoms with van der Waals surface area (Å²) in [5.74, 6) is 0. The van der Waals surface area contributed by atoms with Gasteiger partial charge in [-0.15, -0.1) is 0 Å². The molecule has 1 unspecified atom stereocenters. The van der Waals surface area contributed by atoms with Crippen LogP contribution in [0.2, 0.25) is 0 Å². The van der Waals surface area contributed by atoms with E-state index in [0.717, 1.165) is 6.42 Å². The Morgan fingerprint density at radius 1 is 1.67 bits per heavy atom. The highest BCUT2D eigenvalue weighted by atomic mass is 14.9. The summed E-state index contributed by atoms with van der Waals surface area (Å²) in [7, 11) is 0. The number of hydrogen-bond donors (Lipinski definition) is 1. The molecule has 0 spiro atoms. The van der Waals surface area contributed by atoms with Gasteiger partial charge in [0, 0.05) is 0 Å². The Morgan fingerprint density at radius 3 is 3.11 bits per heavy atom. The third-order valence-electron chi connectivity index (χ3n) is 1.50. The molecule has 0 fully saturated rings. The highest BCUT2D eigenvalue weighted by molar-refractivity contribution is 4.99. The summed E-state index contributed by atoms with van der Waals surface area (Å²) < 4.78 is 0. The van der Waals surface area contributed by atoms with Crippen molar-refractivity contribution in [2.24, 2.45) is 0 Å². The first kappa shape index (κ1) is 6.15. The smallest absolute Gasteiger partial charge is 0.177 e. The molecule has 1 aliphatic carbocycles. The quantitative estimate of drug-likeness (QED) is 0.322. The van der Waals surface area contributed by atoms with Crippen LogP contribution in [0.15, 0.2) is 12.2 Å². The number of nitriles is 1. The first-order chi connectivity index (χ1) is 4.43. The van der Waals surface area contributed by atoms with Crippen LogP contribution in [-0.4, -0.2) is 6.04 Å². The van der Waals surface area contributed by atoms with Gasteiger partial charge < -0.3 is 5.32 Å². The summed E-state index contributed by atoms with van der Waals surface area (Å²) in [6, 6.07) is 0.309. The Hall–Kier alpha value is -0.970. The summed E-state index contributed by atoms with van der Waals surface area (Å²) in [5.41, 5.74) is 0. The first-order valence-electron chi connectivity index (χ1n) is 3.25. The highest BCUT2D eigenvalue weighted by Gasteiger charge is 2.04. The number of nitrogens with zero attached hydrogens (tertiary/aromatic N) is 1. The molecule has 0 saturated carbocycles. The van der Waals surface area contributed by atoms with E-state index in [4.69, 9.17) is 5.26 Å². The van der Waals surface area contributed by atoms with Gasteiger partial charge in [-0.3, -0.25) is 0 Å². The Kier molecular flexibility index (Phi) is 2.14. The third-order valence-corrected chi connectivity index (χ3v) is 1.50. The van der Waals surface area contributed by atoms with E-state index in [9.17, 15) is 0 Å². The van der Waals surface area contributed by atoms with Crippen molar-refractivity contribution in [2.75, 3.05) is 0 Å². The van der Waals surface area contributed by atoms with Crippen molar-refractivity contribution in [3.05, 3.63) is 12.2 Å². The molecule has 0 aromatic heterocycles. The lowest BCUT2D eigenvalue weighted by atomic mass is 10.0. The standard InChI is InChI=1S/C7H10N2/c8-6-9-7-4-2-1-3-5-7/h2,4,7,9H,1,3,5H2. The number of rotatable bonds is 1. The van der Waals surface area contributed by atoms with Gasteiger partial charge in [-0.25, -0.2) is 0 Å². The predicted molar refractivity (Wildman–Crippen MR) is 35.5 cm³/mol. The van der Waals surface area contributed by atoms with E-state index < -0.39 is 0 Å². The molecule has 0 amide bonds. The van der Waals surface area contributed by atoms with Crippen LogP contribution < -0.4 is 5.32 Å². The highest BCUT2D eigenvalue weighted by Crippen LogP contribution is 2.08. The molecular formula is C7H10N2. The summed E-state index contributed by atoms with van der Waals surface area (Å²) in [4.78, 5) is 0. The zero-order valence-electron chi connectivity index (χ0n) is 5.30. The van der Waals surface area contributed by atoms with Crippen molar-refractivity contribution in [2.45, 2.75) is 25.3 Å². The van der Waals surface area contributed by atoms with Gasteiger partial charge in [0.15, 0.2) is 6.19 Å². The molecule has 48 valence electrons. The molecular weight excluding hydrogens is 112 g/mol. The summed E-state index contributed by atoms with van der Waals surface area (Å²) in [6.45, 7) is 0. The molecule has 0 radical (unpaired) electrons. The minimum atomic E-state index is 0.309. The molecule has 0 aliphatic heterocycles. The van der Waals surface area contributed by atoms with Crippen LogP contribution >= 0.6 is 0 Å². The van der Waals surface area contributed by atoms with Gasteiger partial charge in [0.05, 0.1) is 6.04 Å². The Bertz CT molecular complexity index is 143. The minimum Gasteiger partial charge on any atom is -0.317 e. The number of hydrogen-bond acceptors (Lipinski definition) is 2. The predicted octanol–water partition coefficient (Wildman–Crippen LogP) is 1.17. The maximum Gasteiger partial charge on any atom is 0.177 e. The Balaban J connectivity index is 2.33. The lowest BCUT2D eigenvalue weighted by molar-refractivity contribution is 0.591. The topological polar surface area (TPSA) is 35.8 Å². The molecule has 1 aliphatic rings. The van der Waals surface area contributed by atoms with Crippen LogP contribution in [0.4, 0.5) is 0 Å². The van der Waals surface area contributed by atoms with Gasteiger partial charge in [0.1, 0.15) is 0 Å². The van der Waals surface area contributed by atoms with E-state index in [2.05, 4.69) is 17.5 Å². The zero-order valence-corrected chi connectivity index (χ0v) is 5.30. The van der Waals surface area contributed by atoms with Crippen molar-refractivity contribution in [3.63, 3.8) is 0 Å². The fourth-order valence-electron chi connectivity index (χ4n) is 1.02. The summed E-state index contributed by atoms with van der Waals surface area (Å²) in [5, 5.41) is 10.9. The average Bonchev–Trinajstić information content (AvgIpc) is 1.91. The number of nitrogens with one attached hydrogen (secondary N) is 1. The van der Waals surface area contributed by atoms with Gasteiger partial charge in [0.2, 0.25) is 0 Å². The van der Waals surface area contributed by atoms with Crippen LogP contribution in [0.25, 0.3) is 0 Å². The Labute approximate surface area is 55.2 Å². The first-order valence-corrected chi connectivity index (χ1v) is 3.25. The van der Waals surface area contributed by atoms with E-state index >= 15 is 0 Å². The molecule has 0 saturated heterocycles. The van der Waals surface area contributed by atoms with Crippen molar-refractivity contribution in [1.29, 1.82) is 5.26 Å². The second-order valence-corrected chi connectivity index (χ2v) is 2.22. The molecule has 0 aromatic carbocycles. The second-order valence-electron chi connectivity index (χ2n) is 2.22. The number of allylic oxidation sites excluding steroid dienone is 1. The summed E-state index contributed by atoms with van der Waals surface area (Å²) >= 11 is 0. The van der Waals surface area contributed by atoms with Crippen LogP contribution in [-0.2, 0) is 0 Å². The average molecular weight is 122 g/mol. The van der Waals surface area contributed by atoms with Crippen LogP contribution in [0.1, 0.15) is 19.3 Å². The molecule has 2 nitrogen and oxygen atoms in total. The zero-order chi connectivity index (χ0) is 6.53. The minimum absolute atomic E-state index is 0.309. The molecule has 0 heterocycles. The van der Waals surface area contributed by atoms with E-state index in [1.165, 1.54) is 12.8 Å². The van der Waals surface area contributed by atoms with Crippen LogP contribution in [0, 0.1) is 11.5 Å². The molecule has 1 N–H and O–H groups in total. The van der Waals surface area contributed by atoms with E-state index in [1.54, 1.807) is 0 Å². The third kappa shape index (κ3) is 1.77. The van der Waals surface area contributed by atoms with Crippen LogP contribution in [0.3, 0.4) is 0 Å². The van der Waals surface area contributed by atoms with Crippen molar-refractivity contribution < 1.29 is 0 Å². The van der Waals surface area contributed by atoms with Gasteiger partial charge in [-0.05, 0) is 19.3 Å². The van der Waals surface area contributed by atoms with Gasteiger partial charge in [-0.2, -0.15) is 5.26 Å². The SMILES string of the molecule is N#CNC1C=CCCC1. The van der Waals surface area contributed by atoms with E-state index in [-0.39, 0.29) is 0 Å². The van der Waals surface area contributed by atoms with Gasteiger partial charge in [-0.1, -0.05) is 12.2 Å². The van der Waals surface area contributed by atoms with Crippen molar-refractivity contribution in [3.8, 4) is 6.19 Å². The second kappa shape index (κ2) is 3.13. The molecule has 0 bridgehead atoms. The molecule has 1 rings (SSSR count). The molecule has 1 atom stereocenters. The summed E-state index contributed by atoms with van der Waals surface area (Å²) in [6.07, 6.45) is 9.60. The fraction of sp³-hybridized carbons (Fsp3) is 0.571. The fourth-order valence-corrected chi connectivity index (χ4v) is 1.02. The van der Waals surface area contributed by atoms with Gasteiger partial charge >= 0.3 is 0 Å². The van der Waals surface area contributed by atoms with E-state index in [1.807, 2.05) is 6.19 Å². The van der Waals surface area contributed by atoms with Gasteiger partial charge in [0.25, 0.3) is 0 Å². The monoisotopic (exact) mass is 122 g/mol. The maximum absolute atomic E-state index is 8.22. The lowest BCUT2D eigenvalue weighted by Gasteiger charge is -2.12. The van der Waals surface area contributed by atoms with Crippen molar-refractivity contribution >= 4 is 0 Å². The largest absolute Gasteiger partial charge is 0.317 e.